The molecule has 0 aliphatic heterocycles. The number of aromatic nitrogens is 3. The van der Waals surface area contributed by atoms with Crippen LogP contribution in [-0.4, -0.2) is 27.3 Å². The monoisotopic (exact) mass is 397 g/mol. The summed E-state index contributed by atoms with van der Waals surface area (Å²) in [4.78, 5) is 17.1. The lowest BCUT2D eigenvalue weighted by atomic mass is 10.1. The van der Waals surface area contributed by atoms with Crippen LogP contribution in [0.4, 0.5) is 5.82 Å². The molecule has 1 N–H and O–H groups in total. The van der Waals surface area contributed by atoms with Gasteiger partial charge in [-0.2, -0.15) is 15.0 Å². The quantitative estimate of drug-likeness (QED) is 0.551. The van der Waals surface area contributed by atoms with Crippen LogP contribution in [0.15, 0.2) is 60.8 Å². The van der Waals surface area contributed by atoms with Crippen LogP contribution in [0.5, 0.6) is 5.75 Å². The summed E-state index contributed by atoms with van der Waals surface area (Å²) in [5, 5.41) is 17.4. The number of nitrogens with one attached hydrogen (secondary N) is 1. The van der Waals surface area contributed by atoms with Crippen molar-refractivity contribution in [2.24, 2.45) is 0 Å². The normalized spacial score (nSPS) is 10.6. The number of rotatable bonds is 5. The molecule has 0 bridgehead atoms. The number of nitrogens with zero attached hydrogens (tertiary/aromatic N) is 4. The van der Waals surface area contributed by atoms with E-state index in [1.54, 1.807) is 6.07 Å². The highest BCUT2D eigenvalue weighted by Gasteiger charge is 2.17. The number of amides is 1. The van der Waals surface area contributed by atoms with E-state index in [2.05, 4.69) is 21.5 Å². The Morgan fingerprint density at radius 3 is 2.80 bits per heavy atom. The van der Waals surface area contributed by atoms with Crippen LogP contribution in [0, 0.1) is 25.2 Å². The van der Waals surface area contributed by atoms with Crippen molar-refractivity contribution in [1.29, 1.82) is 5.26 Å². The Hall–Kier alpha value is -4.18. The molecule has 2 aromatic carbocycles. The standard InChI is InChI=1S/C23H19N5O2/c1-15-6-5-9-20(16(15)2)30-14-22(29)27-23-18(12-24)13-25-28(23)21-11-10-17-7-3-4-8-19(17)26-21/h3-11,13H,14H2,1-2H3,(H,27,29). The van der Waals surface area contributed by atoms with E-state index in [0.29, 0.717) is 11.6 Å². The zero-order valence-electron chi connectivity index (χ0n) is 16.6. The summed E-state index contributed by atoms with van der Waals surface area (Å²) < 4.78 is 7.11. The predicted molar refractivity (Wildman–Crippen MR) is 114 cm³/mol. The van der Waals surface area contributed by atoms with Gasteiger partial charge in [0.2, 0.25) is 0 Å². The number of benzene rings is 2. The molecular weight excluding hydrogens is 378 g/mol. The number of pyridine rings is 1. The van der Waals surface area contributed by atoms with Crippen LogP contribution in [0.3, 0.4) is 0 Å². The third-order valence-corrected chi connectivity index (χ3v) is 4.86. The van der Waals surface area contributed by atoms with E-state index in [9.17, 15) is 10.1 Å². The average molecular weight is 397 g/mol. The Morgan fingerprint density at radius 1 is 1.13 bits per heavy atom. The first-order valence-electron chi connectivity index (χ1n) is 9.40. The molecule has 0 spiro atoms. The van der Waals surface area contributed by atoms with E-state index in [-0.39, 0.29) is 18.0 Å². The molecule has 148 valence electrons. The molecule has 2 heterocycles. The van der Waals surface area contributed by atoms with Crippen molar-refractivity contribution in [2.75, 3.05) is 11.9 Å². The number of carbonyl (C=O) groups excluding carboxylic acids is 1. The molecule has 0 saturated carbocycles. The number of hydrogen-bond donors (Lipinski definition) is 1. The van der Waals surface area contributed by atoms with Crippen molar-refractivity contribution in [1.82, 2.24) is 14.8 Å². The van der Waals surface area contributed by atoms with E-state index in [4.69, 9.17) is 4.74 Å². The van der Waals surface area contributed by atoms with Gasteiger partial charge in [0, 0.05) is 5.39 Å². The molecule has 7 heteroatoms. The Balaban J connectivity index is 1.58. The summed E-state index contributed by atoms with van der Waals surface area (Å²) in [7, 11) is 0. The van der Waals surface area contributed by atoms with Crippen LogP contribution in [0.1, 0.15) is 16.7 Å². The number of anilines is 1. The second-order valence-electron chi connectivity index (χ2n) is 6.83. The van der Waals surface area contributed by atoms with Gasteiger partial charge in [-0.1, -0.05) is 30.3 Å². The summed E-state index contributed by atoms with van der Waals surface area (Å²) in [6.45, 7) is 3.74. The van der Waals surface area contributed by atoms with Gasteiger partial charge in [0.25, 0.3) is 5.91 Å². The molecule has 4 rings (SSSR count). The van der Waals surface area contributed by atoms with Crippen LogP contribution in [0.25, 0.3) is 16.7 Å². The zero-order chi connectivity index (χ0) is 21.1. The van der Waals surface area contributed by atoms with Gasteiger partial charge in [0.15, 0.2) is 18.2 Å². The van der Waals surface area contributed by atoms with E-state index >= 15 is 0 Å². The first-order chi connectivity index (χ1) is 14.6. The van der Waals surface area contributed by atoms with E-state index in [1.807, 2.05) is 62.4 Å². The summed E-state index contributed by atoms with van der Waals surface area (Å²) in [6.07, 6.45) is 1.40. The lowest BCUT2D eigenvalue weighted by Crippen LogP contribution is -2.23. The molecule has 0 saturated heterocycles. The molecule has 2 aromatic heterocycles. The molecule has 0 aliphatic carbocycles. The number of aryl methyl sites for hydroxylation is 1. The van der Waals surface area contributed by atoms with Crippen molar-refractivity contribution in [2.45, 2.75) is 13.8 Å². The van der Waals surface area contributed by atoms with Crippen molar-refractivity contribution in [3.8, 4) is 17.6 Å². The Morgan fingerprint density at radius 2 is 1.97 bits per heavy atom. The lowest BCUT2D eigenvalue weighted by Gasteiger charge is -2.12. The fraction of sp³-hybridized carbons (Fsp3) is 0.130. The molecular formula is C23H19N5O2. The SMILES string of the molecule is Cc1cccc(OCC(=O)Nc2c(C#N)cnn2-c2ccc3ccccc3n2)c1C. The Kier molecular flexibility index (Phi) is 5.14. The van der Waals surface area contributed by atoms with Crippen molar-refractivity contribution in [3.63, 3.8) is 0 Å². The second-order valence-corrected chi connectivity index (χ2v) is 6.83. The molecule has 7 nitrogen and oxygen atoms in total. The van der Waals surface area contributed by atoms with Gasteiger partial charge in [-0.3, -0.25) is 4.79 Å². The molecule has 0 atom stereocenters. The van der Waals surface area contributed by atoms with Gasteiger partial charge < -0.3 is 10.1 Å². The van der Waals surface area contributed by atoms with Crippen molar-refractivity contribution < 1.29 is 9.53 Å². The third kappa shape index (κ3) is 3.71. The maximum absolute atomic E-state index is 12.5. The summed E-state index contributed by atoms with van der Waals surface area (Å²) in [5.74, 6) is 1.01. The Bertz CT molecular complexity index is 1290. The lowest BCUT2D eigenvalue weighted by molar-refractivity contribution is -0.118. The third-order valence-electron chi connectivity index (χ3n) is 4.86. The first-order valence-corrected chi connectivity index (χ1v) is 9.40. The molecule has 0 radical (unpaired) electrons. The van der Waals surface area contributed by atoms with E-state index in [1.165, 1.54) is 10.9 Å². The van der Waals surface area contributed by atoms with Crippen LogP contribution in [-0.2, 0) is 4.79 Å². The van der Waals surface area contributed by atoms with Crippen molar-refractivity contribution >= 4 is 22.6 Å². The van der Waals surface area contributed by atoms with E-state index < -0.39 is 5.91 Å². The molecule has 4 aromatic rings. The number of para-hydroxylation sites is 1. The molecule has 1 amide bonds. The zero-order valence-corrected chi connectivity index (χ0v) is 16.6. The number of hydrogen-bond acceptors (Lipinski definition) is 5. The maximum atomic E-state index is 12.5. The van der Waals surface area contributed by atoms with Gasteiger partial charge in [-0.05, 0) is 49.2 Å². The van der Waals surface area contributed by atoms with E-state index in [0.717, 1.165) is 22.0 Å². The topological polar surface area (TPSA) is 92.8 Å². The highest BCUT2D eigenvalue weighted by atomic mass is 16.5. The van der Waals surface area contributed by atoms with Gasteiger partial charge in [0.05, 0.1) is 11.7 Å². The minimum Gasteiger partial charge on any atom is -0.483 e. The van der Waals surface area contributed by atoms with Gasteiger partial charge >= 0.3 is 0 Å². The Labute approximate surface area is 173 Å². The molecule has 0 aliphatic rings. The molecule has 0 fully saturated rings. The minimum absolute atomic E-state index is 0.189. The number of nitriles is 1. The minimum atomic E-state index is -0.394. The fourth-order valence-corrected chi connectivity index (χ4v) is 3.09. The second kappa shape index (κ2) is 8.05. The molecule has 30 heavy (non-hydrogen) atoms. The predicted octanol–water partition coefficient (Wildman–Crippen LogP) is 3.93. The summed E-state index contributed by atoms with van der Waals surface area (Å²) in [6, 6.07) is 19.1. The van der Waals surface area contributed by atoms with Crippen LogP contribution >= 0.6 is 0 Å². The summed E-state index contributed by atoms with van der Waals surface area (Å²) in [5.41, 5.74) is 3.10. The number of ether oxygens (including phenoxy) is 1. The number of fused-ring (bicyclic) bond motifs is 1. The summed E-state index contributed by atoms with van der Waals surface area (Å²) >= 11 is 0. The maximum Gasteiger partial charge on any atom is 0.263 e. The first kappa shape index (κ1) is 19.2. The van der Waals surface area contributed by atoms with Crippen molar-refractivity contribution in [3.05, 3.63) is 77.5 Å². The van der Waals surface area contributed by atoms with Crippen LogP contribution in [0.2, 0.25) is 0 Å². The highest BCUT2D eigenvalue weighted by molar-refractivity contribution is 5.92. The molecule has 0 unspecified atom stereocenters. The average Bonchev–Trinajstić information content (AvgIpc) is 3.16. The van der Waals surface area contributed by atoms with Gasteiger partial charge in [-0.15, -0.1) is 0 Å². The highest BCUT2D eigenvalue weighted by Crippen LogP contribution is 2.22. The fourth-order valence-electron chi connectivity index (χ4n) is 3.09. The van der Waals surface area contributed by atoms with Crippen LogP contribution < -0.4 is 10.1 Å². The number of carbonyl (C=O) groups is 1. The van der Waals surface area contributed by atoms with Gasteiger partial charge in [-0.25, -0.2) is 4.98 Å². The van der Waals surface area contributed by atoms with Gasteiger partial charge in [0.1, 0.15) is 17.4 Å². The largest absolute Gasteiger partial charge is 0.483 e. The smallest absolute Gasteiger partial charge is 0.263 e.